The molecular formula is C11H13FN2O3. The Bertz CT molecular complexity index is 460. The zero-order valence-corrected chi connectivity index (χ0v) is 9.31. The van der Waals surface area contributed by atoms with Crippen molar-refractivity contribution in [2.45, 2.75) is 12.6 Å². The van der Waals surface area contributed by atoms with Crippen molar-refractivity contribution < 1.29 is 19.0 Å². The summed E-state index contributed by atoms with van der Waals surface area (Å²) in [6.07, 6.45) is 0.531. The lowest BCUT2D eigenvalue weighted by Gasteiger charge is -2.37. The first-order valence-corrected chi connectivity index (χ1v) is 5.18. The quantitative estimate of drug-likeness (QED) is 0.778. The predicted octanol–water partition coefficient (Wildman–Crippen LogP) is 1.29. The number of nitrogens with zero attached hydrogens (tertiary/aromatic N) is 1. The minimum atomic E-state index is -1.31. The molecule has 0 saturated carbocycles. The molecule has 0 bridgehead atoms. The number of nitrogens with two attached hydrogens (primary N) is 1. The standard InChI is InChI=1S/C11H13FN2O3/c1-14(8-4-5-17-8)10-7(13)3-2-6(9(10)12)11(15)16/h2-3,8H,4-5,13H2,1H3,(H,15,16)/t8-/m0/s1. The first-order chi connectivity index (χ1) is 8.02. The topological polar surface area (TPSA) is 75.8 Å². The van der Waals surface area contributed by atoms with E-state index in [2.05, 4.69) is 0 Å². The molecule has 0 amide bonds. The molecule has 1 fully saturated rings. The van der Waals surface area contributed by atoms with Crippen molar-refractivity contribution in [2.75, 3.05) is 24.3 Å². The van der Waals surface area contributed by atoms with E-state index in [1.165, 1.54) is 11.0 Å². The van der Waals surface area contributed by atoms with Gasteiger partial charge in [0.2, 0.25) is 0 Å². The van der Waals surface area contributed by atoms with Crippen LogP contribution in [0.25, 0.3) is 0 Å². The Morgan fingerprint density at radius 3 is 2.76 bits per heavy atom. The molecule has 1 atom stereocenters. The van der Waals surface area contributed by atoms with Gasteiger partial charge < -0.3 is 20.5 Å². The van der Waals surface area contributed by atoms with Crippen LogP contribution in [-0.2, 0) is 4.74 Å². The molecule has 1 saturated heterocycles. The number of carbonyl (C=O) groups is 1. The highest BCUT2D eigenvalue weighted by Gasteiger charge is 2.28. The summed E-state index contributed by atoms with van der Waals surface area (Å²) in [5, 5.41) is 8.84. The largest absolute Gasteiger partial charge is 0.478 e. The fourth-order valence-corrected chi connectivity index (χ4v) is 1.78. The average Bonchev–Trinajstić information content (AvgIpc) is 2.13. The van der Waals surface area contributed by atoms with Crippen molar-refractivity contribution >= 4 is 17.3 Å². The number of hydrogen-bond donors (Lipinski definition) is 2. The minimum Gasteiger partial charge on any atom is -0.478 e. The Balaban J connectivity index is 2.43. The Morgan fingerprint density at radius 2 is 2.29 bits per heavy atom. The summed E-state index contributed by atoms with van der Waals surface area (Å²) >= 11 is 0. The molecule has 3 N–H and O–H groups in total. The molecule has 0 unspecified atom stereocenters. The molecule has 6 heteroatoms. The number of anilines is 2. The van der Waals surface area contributed by atoms with Gasteiger partial charge in [-0.25, -0.2) is 9.18 Å². The van der Waals surface area contributed by atoms with E-state index in [-0.39, 0.29) is 23.2 Å². The van der Waals surface area contributed by atoms with E-state index in [0.717, 1.165) is 12.5 Å². The molecule has 1 aromatic rings. The van der Waals surface area contributed by atoms with Crippen LogP contribution < -0.4 is 10.6 Å². The molecule has 0 aliphatic carbocycles. The Hall–Kier alpha value is -1.82. The summed E-state index contributed by atoms with van der Waals surface area (Å²) in [5.74, 6) is -2.14. The van der Waals surface area contributed by atoms with Crippen LogP contribution in [0.2, 0.25) is 0 Å². The Labute approximate surface area is 97.6 Å². The fourth-order valence-electron chi connectivity index (χ4n) is 1.78. The molecule has 17 heavy (non-hydrogen) atoms. The van der Waals surface area contributed by atoms with Crippen molar-refractivity contribution in [1.29, 1.82) is 0 Å². The monoisotopic (exact) mass is 240 g/mol. The summed E-state index contributed by atoms with van der Waals surface area (Å²) in [4.78, 5) is 12.4. The maximum Gasteiger partial charge on any atom is 0.338 e. The lowest BCUT2D eigenvalue weighted by Crippen LogP contribution is -2.43. The fraction of sp³-hybridized carbons (Fsp3) is 0.364. The smallest absolute Gasteiger partial charge is 0.338 e. The highest BCUT2D eigenvalue weighted by atomic mass is 19.1. The second-order valence-electron chi connectivity index (χ2n) is 3.90. The lowest BCUT2D eigenvalue weighted by molar-refractivity contribution is -0.0485. The Kier molecular flexibility index (Phi) is 2.89. The van der Waals surface area contributed by atoms with Crippen LogP contribution in [0.5, 0.6) is 0 Å². The highest BCUT2D eigenvalue weighted by Crippen LogP contribution is 2.32. The molecule has 1 aliphatic heterocycles. The van der Waals surface area contributed by atoms with Gasteiger partial charge in [0.1, 0.15) is 6.23 Å². The maximum absolute atomic E-state index is 14.0. The molecule has 1 aromatic carbocycles. The number of carboxylic acid groups (broad SMARTS) is 1. The molecule has 0 aromatic heterocycles. The van der Waals surface area contributed by atoms with Gasteiger partial charge in [-0.2, -0.15) is 0 Å². The van der Waals surface area contributed by atoms with Crippen LogP contribution in [0, 0.1) is 5.82 Å². The number of hydrogen-bond acceptors (Lipinski definition) is 4. The van der Waals surface area contributed by atoms with E-state index in [0.29, 0.717) is 6.61 Å². The van der Waals surface area contributed by atoms with Gasteiger partial charge in [0.05, 0.1) is 23.5 Å². The number of halogens is 1. The first kappa shape index (κ1) is 11.7. The minimum absolute atomic E-state index is 0.0783. The van der Waals surface area contributed by atoms with Crippen molar-refractivity contribution in [2.24, 2.45) is 0 Å². The summed E-state index contributed by atoms with van der Waals surface area (Å²) in [5.41, 5.74) is 5.57. The van der Waals surface area contributed by atoms with E-state index < -0.39 is 11.8 Å². The van der Waals surface area contributed by atoms with Gasteiger partial charge in [-0.15, -0.1) is 0 Å². The van der Waals surface area contributed by atoms with Crippen molar-refractivity contribution in [3.05, 3.63) is 23.5 Å². The second-order valence-corrected chi connectivity index (χ2v) is 3.90. The molecular weight excluding hydrogens is 227 g/mol. The van der Waals surface area contributed by atoms with Gasteiger partial charge in [-0.05, 0) is 12.1 Å². The molecule has 1 aliphatic rings. The van der Waals surface area contributed by atoms with Gasteiger partial charge in [-0.3, -0.25) is 0 Å². The van der Waals surface area contributed by atoms with E-state index in [1.54, 1.807) is 7.05 Å². The lowest BCUT2D eigenvalue weighted by atomic mass is 10.1. The van der Waals surface area contributed by atoms with Gasteiger partial charge in [0, 0.05) is 13.5 Å². The number of rotatable bonds is 3. The summed E-state index contributed by atoms with van der Waals surface area (Å²) in [6.45, 7) is 0.620. The molecule has 92 valence electrons. The first-order valence-electron chi connectivity index (χ1n) is 5.18. The maximum atomic E-state index is 14.0. The van der Waals surface area contributed by atoms with Crippen molar-refractivity contribution in [3.8, 4) is 0 Å². The van der Waals surface area contributed by atoms with E-state index in [1.807, 2.05) is 0 Å². The molecule has 2 rings (SSSR count). The third-order valence-electron chi connectivity index (χ3n) is 2.84. The summed E-state index contributed by atoms with van der Waals surface area (Å²) < 4.78 is 19.2. The number of aromatic carboxylic acids is 1. The Morgan fingerprint density at radius 1 is 1.65 bits per heavy atom. The SMILES string of the molecule is CN(c1c(N)ccc(C(=O)O)c1F)[C@@H]1CCO1. The number of benzene rings is 1. The van der Waals surface area contributed by atoms with Crippen LogP contribution in [0.15, 0.2) is 12.1 Å². The van der Waals surface area contributed by atoms with Crippen molar-refractivity contribution in [1.82, 2.24) is 0 Å². The third-order valence-corrected chi connectivity index (χ3v) is 2.84. The molecule has 5 nitrogen and oxygen atoms in total. The average molecular weight is 240 g/mol. The molecule has 1 heterocycles. The molecule has 0 spiro atoms. The second kappa shape index (κ2) is 4.21. The van der Waals surface area contributed by atoms with Crippen LogP contribution >= 0.6 is 0 Å². The zero-order chi connectivity index (χ0) is 12.6. The highest BCUT2D eigenvalue weighted by molar-refractivity contribution is 5.91. The van der Waals surface area contributed by atoms with E-state index in [9.17, 15) is 9.18 Å². The van der Waals surface area contributed by atoms with Crippen LogP contribution in [0.4, 0.5) is 15.8 Å². The predicted molar refractivity (Wildman–Crippen MR) is 60.5 cm³/mol. The normalized spacial score (nSPS) is 18.6. The number of nitrogen functional groups attached to an aromatic ring is 1. The zero-order valence-electron chi connectivity index (χ0n) is 9.31. The van der Waals surface area contributed by atoms with Crippen LogP contribution in [0.3, 0.4) is 0 Å². The third kappa shape index (κ3) is 1.91. The number of ether oxygens (including phenoxy) is 1. The van der Waals surface area contributed by atoms with E-state index >= 15 is 0 Å². The summed E-state index contributed by atoms with van der Waals surface area (Å²) in [7, 11) is 1.63. The van der Waals surface area contributed by atoms with Gasteiger partial charge in [-0.1, -0.05) is 0 Å². The number of carboxylic acids is 1. The van der Waals surface area contributed by atoms with Gasteiger partial charge in [0.25, 0.3) is 0 Å². The molecule has 0 radical (unpaired) electrons. The van der Waals surface area contributed by atoms with Crippen LogP contribution in [0.1, 0.15) is 16.8 Å². The summed E-state index contributed by atoms with van der Waals surface area (Å²) in [6, 6.07) is 2.54. The van der Waals surface area contributed by atoms with E-state index in [4.69, 9.17) is 15.6 Å². The van der Waals surface area contributed by atoms with Crippen LogP contribution in [-0.4, -0.2) is 31.0 Å². The van der Waals surface area contributed by atoms with Gasteiger partial charge >= 0.3 is 5.97 Å². The van der Waals surface area contributed by atoms with Crippen molar-refractivity contribution in [3.63, 3.8) is 0 Å². The van der Waals surface area contributed by atoms with Gasteiger partial charge in [0.15, 0.2) is 5.82 Å².